The average Bonchev–Trinajstić information content (AvgIpc) is 2.34. The number of carbonyl (C=O) groups is 1. The number of nitrogens with two attached hydrogens (primary N) is 1. The Morgan fingerprint density at radius 2 is 1.85 bits per heavy atom. The zero-order valence-corrected chi connectivity index (χ0v) is 12.5. The maximum Gasteiger partial charge on any atom is 0.220 e. The van der Waals surface area contributed by atoms with Crippen LogP contribution in [0.3, 0.4) is 0 Å². The molecule has 0 spiro atoms. The number of carbonyl (C=O) groups excluding carboxylic acids is 1. The number of nitrogen functional groups attached to an aromatic ring is 1. The van der Waals surface area contributed by atoms with Crippen molar-refractivity contribution in [3.8, 4) is 0 Å². The zero-order chi connectivity index (χ0) is 15.2. The second-order valence-electron chi connectivity index (χ2n) is 4.79. The number of nitrogens with one attached hydrogen (secondary N) is 2. The first-order valence-electron chi connectivity index (χ1n) is 6.34. The van der Waals surface area contributed by atoms with E-state index < -0.39 is 10.0 Å². The summed E-state index contributed by atoms with van der Waals surface area (Å²) >= 11 is 0. The van der Waals surface area contributed by atoms with Crippen molar-refractivity contribution in [3.05, 3.63) is 29.8 Å². The van der Waals surface area contributed by atoms with Gasteiger partial charge in [0.1, 0.15) is 0 Å². The van der Waals surface area contributed by atoms with E-state index in [1.807, 2.05) is 19.1 Å². The average molecular weight is 299 g/mol. The molecule has 1 rings (SSSR count). The third-order valence-corrected chi connectivity index (χ3v) is 3.54. The van der Waals surface area contributed by atoms with Crippen LogP contribution in [0, 0.1) is 0 Å². The molecular formula is C13H21N3O3S. The van der Waals surface area contributed by atoms with Crippen molar-refractivity contribution in [1.82, 2.24) is 10.0 Å². The predicted molar refractivity (Wildman–Crippen MR) is 79.7 cm³/mol. The largest absolute Gasteiger partial charge is 0.399 e. The van der Waals surface area contributed by atoms with Gasteiger partial charge in [-0.1, -0.05) is 19.1 Å². The minimum Gasteiger partial charge on any atom is -0.399 e. The van der Waals surface area contributed by atoms with Crippen molar-refractivity contribution in [2.75, 3.05) is 25.1 Å². The molecular weight excluding hydrogens is 278 g/mol. The van der Waals surface area contributed by atoms with Crippen LogP contribution in [0.15, 0.2) is 24.3 Å². The van der Waals surface area contributed by atoms with E-state index in [1.165, 1.54) is 0 Å². The highest BCUT2D eigenvalue weighted by atomic mass is 32.2. The van der Waals surface area contributed by atoms with Gasteiger partial charge in [0.2, 0.25) is 15.9 Å². The predicted octanol–water partition coefficient (Wildman–Crippen LogP) is 0.428. The number of anilines is 1. The molecule has 1 amide bonds. The monoisotopic (exact) mass is 299 g/mol. The van der Waals surface area contributed by atoms with E-state index in [4.69, 9.17) is 5.73 Å². The van der Waals surface area contributed by atoms with Crippen molar-refractivity contribution in [2.24, 2.45) is 0 Å². The van der Waals surface area contributed by atoms with Crippen LogP contribution in [0.2, 0.25) is 0 Å². The lowest BCUT2D eigenvalue weighted by molar-refractivity contribution is -0.121. The van der Waals surface area contributed by atoms with Gasteiger partial charge in [-0.25, -0.2) is 13.1 Å². The minimum absolute atomic E-state index is 0.0819. The minimum atomic E-state index is -3.21. The SMILES string of the molecule is CC(CC(=O)NCCNS(C)(=O)=O)c1ccc(N)cc1. The van der Waals surface area contributed by atoms with Crippen LogP contribution in [0.25, 0.3) is 0 Å². The molecule has 0 radical (unpaired) electrons. The third kappa shape index (κ3) is 6.53. The summed E-state index contributed by atoms with van der Waals surface area (Å²) in [5.74, 6) is -0.0249. The summed E-state index contributed by atoms with van der Waals surface area (Å²) in [6.45, 7) is 2.43. The van der Waals surface area contributed by atoms with Crippen molar-refractivity contribution < 1.29 is 13.2 Å². The van der Waals surface area contributed by atoms with E-state index in [0.29, 0.717) is 12.1 Å². The molecule has 20 heavy (non-hydrogen) atoms. The van der Waals surface area contributed by atoms with Gasteiger partial charge in [0, 0.05) is 25.2 Å². The van der Waals surface area contributed by atoms with Crippen molar-refractivity contribution in [2.45, 2.75) is 19.3 Å². The number of rotatable bonds is 7. The van der Waals surface area contributed by atoms with E-state index in [1.54, 1.807) is 12.1 Å². The van der Waals surface area contributed by atoms with Crippen LogP contribution in [-0.2, 0) is 14.8 Å². The van der Waals surface area contributed by atoms with Crippen LogP contribution in [0.4, 0.5) is 5.69 Å². The van der Waals surface area contributed by atoms with E-state index >= 15 is 0 Å². The van der Waals surface area contributed by atoms with Crippen LogP contribution >= 0.6 is 0 Å². The molecule has 4 N–H and O–H groups in total. The Morgan fingerprint density at radius 3 is 2.40 bits per heavy atom. The number of benzene rings is 1. The van der Waals surface area contributed by atoms with Gasteiger partial charge in [-0.15, -0.1) is 0 Å². The number of hydrogen-bond acceptors (Lipinski definition) is 4. The summed E-state index contributed by atoms with van der Waals surface area (Å²) in [5.41, 5.74) is 7.35. The second-order valence-corrected chi connectivity index (χ2v) is 6.62. The third-order valence-electron chi connectivity index (χ3n) is 2.81. The highest BCUT2D eigenvalue weighted by Crippen LogP contribution is 2.19. The molecule has 1 unspecified atom stereocenters. The van der Waals surface area contributed by atoms with Crippen molar-refractivity contribution in [1.29, 1.82) is 0 Å². The maximum atomic E-state index is 11.7. The summed E-state index contributed by atoms with van der Waals surface area (Å²) in [4.78, 5) is 11.7. The van der Waals surface area contributed by atoms with Gasteiger partial charge in [-0.3, -0.25) is 4.79 Å². The fourth-order valence-corrected chi connectivity index (χ4v) is 2.20. The second kappa shape index (κ2) is 7.25. The lowest BCUT2D eigenvalue weighted by Gasteiger charge is -2.12. The molecule has 0 heterocycles. The highest BCUT2D eigenvalue weighted by molar-refractivity contribution is 7.88. The van der Waals surface area contributed by atoms with E-state index in [-0.39, 0.29) is 24.9 Å². The van der Waals surface area contributed by atoms with Crippen LogP contribution in [0.5, 0.6) is 0 Å². The number of amides is 1. The fourth-order valence-electron chi connectivity index (χ4n) is 1.73. The number of hydrogen-bond donors (Lipinski definition) is 3. The fraction of sp³-hybridized carbons (Fsp3) is 0.462. The summed E-state index contributed by atoms with van der Waals surface area (Å²) in [5, 5.41) is 2.68. The van der Waals surface area contributed by atoms with Gasteiger partial charge in [-0.05, 0) is 23.6 Å². The molecule has 1 aromatic rings. The first-order chi connectivity index (χ1) is 9.28. The van der Waals surface area contributed by atoms with E-state index in [0.717, 1.165) is 11.8 Å². The van der Waals surface area contributed by atoms with Gasteiger partial charge in [0.05, 0.1) is 6.26 Å². The summed E-state index contributed by atoms with van der Waals surface area (Å²) in [7, 11) is -3.21. The molecule has 0 aliphatic carbocycles. The molecule has 0 saturated heterocycles. The molecule has 0 saturated carbocycles. The van der Waals surface area contributed by atoms with Crippen molar-refractivity contribution in [3.63, 3.8) is 0 Å². The Labute approximate surface area is 119 Å². The van der Waals surface area contributed by atoms with Crippen LogP contribution < -0.4 is 15.8 Å². The lowest BCUT2D eigenvalue weighted by atomic mass is 9.97. The molecule has 0 aromatic heterocycles. The smallest absolute Gasteiger partial charge is 0.220 e. The standard InChI is InChI=1S/C13H21N3O3S/c1-10(11-3-5-12(14)6-4-11)9-13(17)15-7-8-16-20(2,18)19/h3-6,10,16H,7-9,14H2,1-2H3,(H,15,17). The summed E-state index contributed by atoms with van der Waals surface area (Å²) in [6, 6.07) is 7.41. The van der Waals surface area contributed by atoms with Gasteiger partial charge < -0.3 is 11.1 Å². The van der Waals surface area contributed by atoms with Gasteiger partial charge in [0.15, 0.2) is 0 Å². The Hall–Kier alpha value is -1.60. The van der Waals surface area contributed by atoms with Crippen LogP contribution in [0.1, 0.15) is 24.8 Å². The molecule has 0 fully saturated rings. The molecule has 0 aliphatic heterocycles. The summed E-state index contributed by atoms with van der Waals surface area (Å²) in [6.07, 6.45) is 1.43. The molecule has 112 valence electrons. The number of sulfonamides is 1. The Bertz CT molecular complexity index is 540. The molecule has 7 heteroatoms. The van der Waals surface area contributed by atoms with Gasteiger partial charge >= 0.3 is 0 Å². The Morgan fingerprint density at radius 1 is 1.25 bits per heavy atom. The van der Waals surface area contributed by atoms with E-state index in [9.17, 15) is 13.2 Å². The van der Waals surface area contributed by atoms with Crippen LogP contribution in [-0.4, -0.2) is 33.7 Å². The topological polar surface area (TPSA) is 101 Å². The molecule has 1 atom stereocenters. The Balaban J connectivity index is 2.33. The molecule has 6 nitrogen and oxygen atoms in total. The normalized spacial score (nSPS) is 12.9. The first-order valence-corrected chi connectivity index (χ1v) is 8.24. The molecule has 1 aromatic carbocycles. The molecule has 0 bridgehead atoms. The van der Waals surface area contributed by atoms with Gasteiger partial charge in [-0.2, -0.15) is 0 Å². The van der Waals surface area contributed by atoms with Crippen molar-refractivity contribution >= 4 is 21.6 Å². The Kier molecular flexibility index (Phi) is 5.97. The zero-order valence-electron chi connectivity index (χ0n) is 11.7. The quantitative estimate of drug-likeness (QED) is 0.502. The van der Waals surface area contributed by atoms with Gasteiger partial charge in [0.25, 0.3) is 0 Å². The maximum absolute atomic E-state index is 11.7. The van der Waals surface area contributed by atoms with E-state index in [2.05, 4.69) is 10.0 Å². The first kappa shape index (κ1) is 16.5. The lowest BCUT2D eigenvalue weighted by Crippen LogP contribution is -2.34. The molecule has 0 aliphatic rings. The highest BCUT2D eigenvalue weighted by Gasteiger charge is 2.11. The summed E-state index contributed by atoms with van der Waals surface area (Å²) < 4.78 is 24.0.